The van der Waals surface area contributed by atoms with Crippen LogP contribution in [0.5, 0.6) is 0 Å². The highest BCUT2D eigenvalue weighted by atomic mass is 35.5. The van der Waals surface area contributed by atoms with Crippen molar-refractivity contribution in [2.24, 2.45) is 5.11 Å². The van der Waals surface area contributed by atoms with Gasteiger partial charge in [-0.15, -0.1) is 0 Å². The molecule has 13 heteroatoms. The third-order valence-corrected chi connectivity index (χ3v) is 6.06. The number of rotatable bonds is 6. The van der Waals surface area contributed by atoms with Crippen LogP contribution in [0.25, 0.3) is 21.5 Å². The van der Waals surface area contributed by atoms with Gasteiger partial charge in [0.2, 0.25) is 5.28 Å². The number of hydrogen-bond donors (Lipinski definition) is 1. The van der Waals surface area contributed by atoms with Gasteiger partial charge in [-0.3, -0.25) is 0 Å². The van der Waals surface area contributed by atoms with Crippen LogP contribution in [0.15, 0.2) is 35.6 Å². The van der Waals surface area contributed by atoms with Crippen LogP contribution in [0.2, 0.25) is 10.3 Å². The van der Waals surface area contributed by atoms with Gasteiger partial charge in [0, 0.05) is 16.5 Å². The Morgan fingerprint density at radius 2 is 2.00 bits per heavy atom. The first-order valence-corrected chi connectivity index (χ1v) is 11.0. The summed E-state index contributed by atoms with van der Waals surface area (Å²) in [5, 5.41) is 12.8. The molecule has 0 unspecified atom stereocenters. The van der Waals surface area contributed by atoms with E-state index in [9.17, 15) is 0 Å². The molecule has 0 saturated carbocycles. The summed E-state index contributed by atoms with van der Waals surface area (Å²) in [6.07, 6.45) is -0.413. The Hall–Kier alpha value is -2.66. The summed E-state index contributed by atoms with van der Waals surface area (Å²) in [6.45, 7) is 4.19. The van der Waals surface area contributed by atoms with E-state index in [1.165, 1.54) is 0 Å². The molecule has 3 aromatic rings. The molecule has 2 saturated heterocycles. The lowest BCUT2D eigenvalue weighted by Crippen LogP contribution is -2.31. The molecule has 172 valence electrons. The number of halogens is 2. The highest BCUT2D eigenvalue weighted by Crippen LogP contribution is 2.44. The quantitative estimate of drug-likeness (QED) is 0.233. The van der Waals surface area contributed by atoms with Crippen molar-refractivity contribution in [3.63, 3.8) is 0 Å². The fourth-order valence-electron chi connectivity index (χ4n) is 4.16. The lowest BCUT2D eigenvalue weighted by molar-refractivity contribution is -0.196. The molecule has 4 heterocycles. The van der Waals surface area contributed by atoms with Gasteiger partial charge in [0.15, 0.2) is 17.7 Å². The van der Waals surface area contributed by atoms with Gasteiger partial charge in [-0.1, -0.05) is 34.9 Å². The maximum Gasteiger partial charge on any atom is 0.226 e. The first-order chi connectivity index (χ1) is 15.9. The number of anilines is 1. The molecule has 2 aliphatic rings. The summed E-state index contributed by atoms with van der Waals surface area (Å²) >= 11 is 12.5. The van der Waals surface area contributed by atoms with Gasteiger partial charge in [0.25, 0.3) is 0 Å². The summed E-state index contributed by atoms with van der Waals surface area (Å²) in [5.74, 6) is -0.302. The highest BCUT2D eigenvalue weighted by Gasteiger charge is 2.56. The van der Waals surface area contributed by atoms with E-state index in [0.29, 0.717) is 28.4 Å². The molecule has 0 radical (unpaired) electrons. The molecule has 0 spiro atoms. The molecule has 4 atom stereocenters. The monoisotopic (exact) mass is 490 g/mol. The predicted octanol–water partition coefficient (Wildman–Crippen LogP) is 4.47. The molecule has 5 rings (SSSR count). The van der Waals surface area contributed by atoms with Gasteiger partial charge >= 0.3 is 0 Å². The van der Waals surface area contributed by atoms with Crippen LogP contribution in [-0.2, 0) is 20.8 Å². The van der Waals surface area contributed by atoms with Crippen molar-refractivity contribution in [2.75, 3.05) is 11.9 Å². The maximum absolute atomic E-state index is 8.74. The van der Waals surface area contributed by atoms with Crippen LogP contribution >= 0.6 is 23.2 Å². The van der Waals surface area contributed by atoms with E-state index in [1.54, 1.807) is 10.9 Å². The number of azide groups is 1. The van der Waals surface area contributed by atoms with E-state index in [1.807, 2.05) is 38.1 Å². The van der Waals surface area contributed by atoms with Crippen LogP contribution < -0.4 is 5.32 Å². The molecule has 0 aliphatic carbocycles. The van der Waals surface area contributed by atoms with Crippen molar-refractivity contribution in [3.8, 4) is 0 Å². The van der Waals surface area contributed by atoms with Crippen molar-refractivity contribution >= 4 is 40.1 Å². The fraction of sp³-hybridized carbons (Fsp3) is 0.450. The predicted molar refractivity (Wildman–Crippen MR) is 121 cm³/mol. The molecule has 0 bridgehead atoms. The van der Waals surface area contributed by atoms with Crippen molar-refractivity contribution in [1.82, 2.24) is 19.7 Å². The second kappa shape index (κ2) is 8.60. The second-order valence-corrected chi connectivity index (χ2v) is 8.90. The molecule has 33 heavy (non-hydrogen) atoms. The lowest BCUT2D eigenvalue weighted by atomic mass is 10.1. The van der Waals surface area contributed by atoms with Crippen LogP contribution in [0, 0.1) is 0 Å². The Balaban J connectivity index is 1.48. The zero-order valence-electron chi connectivity index (χ0n) is 17.7. The Labute approximate surface area is 198 Å². The number of nitrogens with zero attached hydrogens (tertiary/aromatic N) is 7. The summed E-state index contributed by atoms with van der Waals surface area (Å²) in [4.78, 5) is 11.5. The molecule has 1 aromatic carbocycles. The molecular formula is C20H20Cl2N8O3. The summed E-state index contributed by atoms with van der Waals surface area (Å²) in [7, 11) is 0. The Morgan fingerprint density at radius 3 is 2.79 bits per heavy atom. The largest absolute Gasteiger partial charge is 0.365 e. The number of fused-ring (bicyclic) bond motifs is 2. The molecule has 11 nitrogen and oxygen atoms in total. The van der Waals surface area contributed by atoms with Crippen LogP contribution in [0.1, 0.15) is 25.6 Å². The molecule has 2 fully saturated rings. The molecule has 1 N–H and O–H groups in total. The normalized spacial score (nSPS) is 25.7. The molecule has 2 aliphatic heterocycles. The third-order valence-electron chi connectivity index (χ3n) is 5.52. The Kier molecular flexibility index (Phi) is 5.77. The van der Waals surface area contributed by atoms with Gasteiger partial charge < -0.3 is 19.5 Å². The fourth-order valence-corrected chi connectivity index (χ4v) is 4.53. The zero-order valence-corrected chi connectivity index (χ0v) is 19.2. The van der Waals surface area contributed by atoms with Gasteiger partial charge in [0.1, 0.15) is 18.0 Å². The summed E-state index contributed by atoms with van der Waals surface area (Å²) in [5.41, 5.74) is 10.1. The molecule has 0 amide bonds. The van der Waals surface area contributed by atoms with Crippen LogP contribution in [-0.4, -0.2) is 50.4 Å². The van der Waals surface area contributed by atoms with Gasteiger partial charge in [-0.05, 0) is 42.6 Å². The zero-order chi connectivity index (χ0) is 23.2. The molecular weight excluding hydrogens is 471 g/mol. The van der Waals surface area contributed by atoms with Crippen LogP contribution in [0.4, 0.5) is 5.82 Å². The van der Waals surface area contributed by atoms with E-state index >= 15 is 0 Å². The Bertz CT molecular complexity index is 1250. The SMILES string of the molecule is CC1(C)O[C@@H]2[C@H](O1)[C@@H](CN=[N+]=[N-])O[C@H]2n1ncc2c(NCc3ccccc3Cl)nc(Cl)nc21. The topological polar surface area (TPSA) is 132 Å². The first-order valence-electron chi connectivity index (χ1n) is 10.3. The van der Waals surface area contributed by atoms with Crippen molar-refractivity contribution in [1.29, 1.82) is 0 Å². The number of benzene rings is 1. The minimum Gasteiger partial charge on any atom is -0.365 e. The van der Waals surface area contributed by atoms with Gasteiger partial charge in [0.05, 0.1) is 24.2 Å². The first kappa shape index (κ1) is 22.1. The van der Waals surface area contributed by atoms with Crippen molar-refractivity contribution in [3.05, 3.63) is 56.8 Å². The van der Waals surface area contributed by atoms with E-state index in [4.69, 9.17) is 42.9 Å². The number of hydrogen-bond acceptors (Lipinski definition) is 8. The summed E-state index contributed by atoms with van der Waals surface area (Å²) in [6, 6.07) is 7.53. The van der Waals surface area contributed by atoms with Gasteiger partial charge in [-0.2, -0.15) is 15.1 Å². The van der Waals surface area contributed by atoms with Crippen molar-refractivity contribution in [2.45, 2.75) is 50.7 Å². The average Bonchev–Trinajstić information content (AvgIpc) is 3.42. The van der Waals surface area contributed by atoms with E-state index < -0.39 is 30.3 Å². The van der Waals surface area contributed by atoms with Crippen LogP contribution in [0.3, 0.4) is 0 Å². The lowest BCUT2D eigenvalue weighted by Gasteiger charge is -2.24. The third kappa shape index (κ3) is 4.19. The standard InChI is InChI=1S/C20H20Cl2N8O3/c1-20(2)32-14-13(9-25-29-23)31-18(15(14)33-20)30-17-11(8-26-30)16(27-19(22)28-17)24-7-10-5-3-4-6-12(10)21/h3-6,8,13-15,18H,7,9H2,1-2H3,(H,24,27,28)/t13-,14-,15-,18-/m1/s1. The van der Waals surface area contributed by atoms with Gasteiger partial charge in [-0.25, -0.2) is 4.68 Å². The minimum absolute atomic E-state index is 0.0509. The van der Waals surface area contributed by atoms with E-state index in [-0.39, 0.29) is 11.8 Å². The minimum atomic E-state index is -0.816. The smallest absolute Gasteiger partial charge is 0.226 e. The average molecular weight is 491 g/mol. The summed E-state index contributed by atoms with van der Waals surface area (Å²) < 4.78 is 19.9. The maximum atomic E-state index is 8.74. The Morgan fingerprint density at radius 1 is 1.21 bits per heavy atom. The number of ether oxygens (including phenoxy) is 3. The van der Waals surface area contributed by atoms with E-state index in [0.717, 1.165) is 5.56 Å². The molecule has 2 aromatic heterocycles. The number of nitrogens with one attached hydrogen (secondary N) is 1. The second-order valence-electron chi connectivity index (χ2n) is 8.16. The van der Waals surface area contributed by atoms with Crippen molar-refractivity contribution < 1.29 is 14.2 Å². The highest BCUT2D eigenvalue weighted by molar-refractivity contribution is 6.31. The number of aromatic nitrogens is 4. The van der Waals surface area contributed by atoms with E-state index in [2.05, 4.69) is 30.4 Å².